The van der Waals surface area contributed by atoms with Crippen molar-refractivity contribution in [3.05, 3.63) is 46.0 Å². The fourth-order valence-electron chi connectivity index (χ4n) is 2.26. The highest BCUT2D eigenvalue weighted by molar-refractivity contribution is 7.13. The molecule has 3 rings (SSSR count). The zero-order valence-electron chi connectivity index (χ0n) is 10.9. The first-order valence-electron chi connectivity index (χ1n) is 6.52. The zero-order valence-corrected chi connectivity index (χ0v) is 11.7. The highest BCUT2D eigenvalue weighted by Crippen LogP contribution is 2.19. The van der Waals surface area contributed by atoms with Crippen molar-refractivity contribution >= 4 is 34.5 Å². The van der Waals surface area contributed by atoms with Crippen LogP contribution in [0.2, 0.25) is 0 Å². The van der Waals surface area contributed by atoms with Gasteiger partial charge >= 0.3 is 0 Å². The van der Waals surface area contributed by atoms with Crippen molar-refractivity contribution in [2.45, 2.75) is 12.8 Å². The Morgan fingerprint density at radius 2 is 2.25 bits per heavy atom. The molecule has 1 aliphatic heterocycles. The van der Waals surface area contributed by atoms with E-state index in [1.54, 1.807) is 0 Å². The standard InChI is InChI=1S/C15H15N3OS/c16-15-18-12(9-20-15)6-4-10-3-5-11-2-1-7-17-14(19)13(11)8-10/h3-6,8-9H,1-2,7H2,(H2,16,18)(H,17,19)/b6-4+. The number of rotatable bonds is 2. The molecular formula is C15H15N3OS. The van der Waals surface area contributed by atoms with Gasteiger partial charge in [0.05, 0.1) is 5.69 Å². The Hall–Kier alpha value is -2.14. The van der Waals surface area contributed by atoms with Crippen LogP contribution in [0.5, 0.6) is 0 Å². The summed E-state index contributed by atoms with van der Waals surface area (Å²) in [5, 5.41) is 5.38. The van der Waals surface area contributed by atoms with Gasteiger partial charge in [0.25, 0.3) is 5.91 Å². The van der Waals surface area contributed by atoms with Crippen molar-refractivity contribution in [2.24, 2.45) is 0 Å². The van der Waals surface area contributed by atoms with Crippen molar-refractivity contribution in [1.82, 2.24) is 10.3 Å². The molecule has 0 aliphatic carbocycles. The average Bonchev–Trinajstić information content (AvgIpc) is 2.78. The van der Waals surface area contributed by atoms with Crippen molar-refractivity contribution in [1.29, 1.82) is 0 Å². The molecule has 2 aromatic rings. The van der Waals surface area contributed by atoms with Gasteiger partial charge in [0.15, 0.2) is 5.13 Å². The molecule has 1 aromatic carbocycles. The van der Waals surface area contributed by atoms with E-state index >= 15 is 0 Å². The maximum Gasteiger partial charge on any atom is 0.251 e. The number of amides is 1. The molecule has 4 nitrogen and oxygen atoms in total. The van der Waals surface area contributed by atoms with E-state index in [-0.39, 0.29) is 5.91 Å². The number of nitrogens with two attached hydrogens (primary N) is 1. The molecule has 0 saturated heterocycles. The third-order valence-corrected chi connectivity index (χ3v) is 3.97. The van der Waals surface area contributed by atoms with E-state index in [0.29, 0.717) is 5.13 Å². The summed E-state index contributed by atoms with van der Waals surface area (Å²) in [6.45, 7) is 0.747. The first-order chi connectivity index (χ1) is 9.72. The molecule has 2 heterocycles. The van der Waals surface area contributed by atoms with Crippen molar-refractivity contribution in [3.63, 3.8) is 0 Å². The summed E-state index contributed by atoms with van der Waals surface area (Å²) in [4.78, 5) is 16.1. The molecule has 1 amide bonds. The average molecular weight is 285 g/mol. The SMILES string of the molecule is Nc1nc(/C=C/c2ccc3c(c2)C(=O)NCCC3)cs1. The molecule has 0 unspecified atom stereocenters. The van der Waals surface area contributed by atoms with E-state index in [4.69, 9.17) is 5.73 Å². The maximum absolute atomic E-state index is 12.0. The normalized spacial score (nSPS) is 14.9. The van der Waals surface area contributed by atoms with Crippen LogP contribution in [0, 0.1) is 0 Å². The van der Waals surface area contributed by atoms with Gasteiger partial charge in [0.1, 0.15) is 0 Å². The number of hydrogen-bond donors (Lipinski definition) is 2. The molecule has 0 bridgehead atoms. The molecule has 5 heteroatoms. The lowest BCUT2D eigenvalue weighted by molar-refractivity contribution is 0.0956. The molecule has 1 aromatic heterocycles. The summed E-state index contributed by atoms with van der Waals surface area (Å²) < 4.78 is 0. The molecule has 0 radical (unpaired) electrons. The lowest BCUT2D eigenvalue weighted by atomic mass is 10.0. The number of thiazole rings is 1. The van der Waals surface area contributed by atoms with Crippen LogP contribution in [0.4, 0.5) is 5.13 Å². The Labute approximate surface area is 121 Å². The third kappa shape index (κ3) is 2.72. The number of anilines is 1. The van der Waals surface area contributed by atoms with E-state index < -0.39 is 0 Å². The van der Waals surface area contributed by atoms with Gasteiger partial charge in [-0.3, -0.25) is 4.79 Å². The Morgan fingerprint density at radius 3 is 3.05 bits per heavy atom. The lowest BCUT2D eigenvalue weighted by Gasteiger charge is -2.05. The fourth-order valence-corrected chi connectivity index (χ4v) is 2.79. The van der Waals surface area contributed by atoms with E-state index in [1.807, 2.05) is 35.7 Å². The fraction of sp³-hybridized carbons (Fsp3) is 0.200. The number of nitrogens with zero attached hydrogens (tertiary/aromatic N) is 1. The minimum absolute atomic E-state index is 0.0191. The van der Waals surface area contributed by atoms with Crippen LogP contribution in [0.25, 0.3) is 12.2 Å². The second-order valence-corrected chi connectivity index (χ2v) is 5.61. The van der Waals surface area contributed by atoms with E-state index in [0.717, 1.165) is 41.8 Å². The second kappa shape index (κ2) is 5.46. The first-order valence-corrected chi connectivity index (χ1v) is 7.40. The van der Waals surface area contributed by atoms with Crippen LogP contribution in [-0.2, 0) is 6.42 Å². The molecule has 0 spiro atoms. The van der Waals surface area contributed by atoms with Crippen molar-refractivity contribution in [3.8, 4) is 0 Å². The van der Waals surface area contributed by atoms with Crippen LogP contribution in [0.15, 0.2) is 23.6 Å². The molecule has 20 heavy (non-hydrogen) atoms. The number of benzene rings is 1. The van der Waals surface area contributed by atoms with E-state index in [1.165, 1.54) is 11.3 Å². The quantitative estimate of drug-likeness (QED) is 0.891. The summed E-state index contributed by atoms with van der Waals surface area (Å²) in [5.74, 6) is 0.0191. The highest BCUT2D eigenvalue weighted by Gasteiger charge is 2.14. The molecular weight excluding hydrogens is 270 g/mol. The van der Waals surface area contributed by atoms with Gasteiger partial charge < -0.3 is 11.1 Å². The minimum atomic E-state index is 0.0191. The van der Waals surface area contributed by atoms with Crippen molar-refractivity contribution < 1.29 is 4.79 Å². The second-order valence-electron chi connectivity index (χ2n) is 4.72. The predicted octanol–water partition coefficient (Wildman–Crippen LogP) is 2.57. The minimum Gasteiger partial charge on any atom is -0.375 e. The molecule has 102 valence electrons. The number of hydrogen-bond acceptors (Lipinski definition) is 4. The maximum atomic E-state index is 12.0. The van der Waals surface area contributed by atoms with Gasteiger partial charge in [-0.15, -0.1) is 11.3 Å². The topological polar surface area (TPSA) is 68.0 Å². The van der Waals surface area contributed by atoms with Gasteiger partial charge in [-0.25, -0.2) is 4.98 Å². The monoisotopic (exact) mass is 285 g/mol. The van der Waals surface area contributed by atoms with Crippen LogP contribution >= 0.6 is 11.3 Å². The van der Waals surface area contributed by atoms with Gasteiger partial charge in [-0.1, -0.05) is 18.2 Å². The van der Waals surface area contributed by atoms with Crippen LogP contribution in [0.3, 0.4) is 0 Å². The number of fused-ring (bicyclic) bond motifs is 1. The number of nitrogen functional groups attached to an aromatic ring is 1. The molecule has 0 atom stereocenters. The summed E-state index contributed by atoms with van der Waals surface area (Å²) in [6.07, 6.45) is 5.79. The number of aromatic nitrogens is 1. The zero-order chi connectivity index (χ0) is 13.9. The Bertz CT molecular complexity index is 676. The van der Waals surface area contributed by atoms with Crippen LogP contribution < -0.4 is 11.1 Å². The van der Waals surface area contributed by atoms with Gasteiger partial charge in [-0.05, 0) is 36.1 Å². The van der Waals surface area contributed by atoms with E-state index in [9.17, 15) is 4.79 Å². The smallest absolute Gasteiger partial charge is 0.251 e. The first kappa shape index (κ1) is 12.9. The number of carbonyl (C=O) groups is 1. The van der Waals surface area contributed by atoms with Gasteiger partial charge in [0.2, 0.25) is 0 Å². The predicted molar refractivity (Wildman–Crippen MR) is 82.6 cm³/mol. The Balaban J connectivity index is 1.88. The summed E-state index contributed by atoms with van der Waals surface area (Å²) >= 11 is 1.42. The van der Waals surface area contributed by atoms with Crippen LogP contribution in [-0.4, -0.2) is 17.4 Å². The molecule has 1 aliphatic rings. The van der Waals surface area contributed by atoms with Gasteiger partial charge in [0, 0.05) is 17.5 Å². The summed E-state index contributed by atoms with van der Waals surface area (Å²) in [7, 11) is 0. The molecule has 0 fully saturated rings. The van der Waals surface area contributed by atoms with Gasteiger partial charge in [-0.2, -0.15) is 0 Å². The summed E-state index contributed by atoms with van der Waals surface area (Å²) in [5.41, 5.74) is 9.33. The van der Waals surface area contributed by atoms with Crippen molar-refractivity contribution in [2.75, 3.05) is 12.3 Å². The largest absolute Gasteiger partial charge is 0.375 e. The third-order valence-electron chi connectivity index (χ3n) is 3.27. The number of carbonyl (C=O) groups excluding carboxylic acids is 1. The Kier molecular flexibility index (Phi) is 3.52. The summed E-state index contributed by atoms with van der Waals surface area (Å²) in [6, 6.07) is 6.00. The van der Waals surface area contributed by atoms with E-state index in [2.05, 4.69) is 10.3 Å². The highest BCUT2D eigenvalue weighted by atomic mass is 32.1. The molecule has 0 saturated carbocycles. The Morgan fingerprint density at radius 1 is 1.35 bits per heavy atom. The number of nitrogens with one attached hydrogen (secondary N) is 1. The van der Waals surface area contributed by atoms with Crippen LogP contribution in [0.1, 0.15) is 33.6 Å². The molecule has 3 N–H and O–H groups in total. The lowest BCUT2D eigenvalue weighted by Crippen LogP contribution is -2.22. The number of aryl methyl sites for hydroxylation is 1.